The first-order chi connectivity index (χ1) is 17.7. The first-order valence-electron chi connectivity index (χ1n) is 13.1. The molecular weight excluding hydrogens is 448 g/mol. The molecule has 0 unspecified atom stereocenters. The number of carbonyl (C=O) groups is 1. The molecule has 1 aliphatic heterocycles. The third-order valence-corrected chi connectivity index (χ3v) is 8.66. The summed E-state index contributed by atoms with van der Waals surface area (Å²) in [7, 11) is 3.27. The van der Waals surface area contributed by atoms with E-state index in [1.54, 1.807) is 14.2 Å². The lowest BCUT2D eigenvalue weighted by Gasteiger charge is -2.43. The Labute approximate surface area is 213 Å². The van der Waals surface area contributed by atoms with E-state index in [1.807, 2.05) is 24.3 Å². The predicted octanol–water partition coefficient (Wildman–Crippen LogP) is 5.97. The molecule has 6 rings (SSSR count). The van der Waals surface area contributed by atoms with E-state index in [4.69, 9.17) is 9.47 Å². The number of hydrogen-bond donors (Lipinski definition) is 2. The van der Waals surface area contributed by atoms with Crippen LogP contribution < -0.4 is 20.1 Å². The predicted molar refractivity (Wildman–Crippen MR) is 142 cm³/mol. The molecule has 2 saturated carbocycles. The fourth-order valence-corrected chi connectivity index (χ4v) is 7.08. The molecule has 36 heavy (non-hydrogen) atoms. The van der Waals surface area contributed by atoms with Crippen LogP contribution in [0.2, 0.25) is 0 Å². The van der Waals surface area contributed by atoms with Crippen molar-refractivity contribution in [1.29, 1.82) is 0 Å². The maximum atomic E-state index is 13.1. The van der Waals surface area contributed by atoms with Gasteiger partial charge in [0.25, 0.3) is 5.91 Å². The van der Waals surface area contributed by atoms with Gasteiger partial charge in [-0.3, -0.25) is 4.79 Å². The van der Waals surface area contributed by atoms with Crippen molar-refractivity contribution in [3.05, 3.63) is 89.0 Å². The standard InChI is InChI=1S/C31H34N2O3/c1-35-26-13-8-19(16-27(26)36-2)14-15-32-31(34)23-11-12-25-24(18-23)28-21-9-10-22(17-21)29(28)30(33-25)20-6-4-3-5-7-20/h3-8,11-13,16,18,21-22,28-30,33H,9-10,14-15,17H2,1-2H3,(H,32,34)/t21-,22-,28-,29-,30+/m0/s1. The molecular formula is C31H34N2O3. The molecule has 2 aliphatic carbocycles. The number of amides is 1. The largest absolute Gasteiger partial charge is 0.493 e. The Hall–Kier alpha value is -3.47. The Kier molecular flexibility index (Phi) is 6.08. The van der Waals surface area contributed by atoms with E-state index in [2.05, 4.69) is 53.1 Å². The van der Waals surface area contributed by atoms with Crippen molar-refractivity contribution in [1.82, 2.24) is 5.32 Å². The van der Waals surface area contributed by atoms with E-state index in [-0.39, 0.29) is 5.91 Å². The number of rotatable bonds is 7. The van der Waals surface area contributed by atoms with Crippen LogP contribution in [0, 0.1) is 17.8 Å². The molecule has 1 heterocycles. The number of methoxy groups -OCH3 is 2. The summed E-state index contributed by atoms with van der Waals surface area (Å²) in [6.07, 6.45) is 4.70. The lowest BCUT2D eigenvalue weighted by molar-refractivity contribution is 0.0954. The van der Waals surface area contributed by atoms with Crippen molar-refractivity contribution in [3.8, 4) is 11.5 Å². The average Bonchev–Trinajstić information content (AvgIpc) is 3.56. The summed E-state index contributed by atoms with van der Waals surface area (Å²) >= 11 is 0. The van der Waals surface area contributed by atoms with Crippen molar-refractivity contribution in [2.75, 3.05) is 26.1 Å². The van der Waals surface area contributed by atoms with Gasteiger partial charge in [-0.15, -0.1) is 0 Å². The molecule has 0 saturated heterocycles. The van der Waals surface area contributed by atoms with Crippen LogP contribution in [0.15, 0.2) is 66.7 Å². The van der Waals surface area contributed by atoms with Crippen molar-refractivity contribution in [2.45, 2.75) is 37.6 Å². The van der Waals surface area contributed by atoms with E-state index in [0.717, 1.165) is 29.4 Å². The fourth-order valence-electron chi connectivity index (χ4n) is 7.08. The van der Waals surface area contributed by atoms with Gasteiger partial charge in [0.2, 0.25) is 0 Å². The number of benzene rings is 3. The first-order valence-corrected chi connectivity index (χ1v) is 13.1. The van der Waals surface area contributed by atoms with Gasteiger partial charge in [-0.2, -0.15) is 0 Å². The second-order valence-electron chi connectivity index (χ2n) is 10.5. The van der Waals surface area contributed by atoms with Gasteiger partial charge >= 0.3 is 0 Å². The molecule has 3 aromatic carbocycles. The Bertz CT molecular complexity index is 1260. The lowest BCUT2D eigenvalue weighted by Crippen LogP contribution is -2.35. The van der Waals surface area contributed by atoms with Crippen LogP contribution in [0.1, 0.15) is 58.3 Å². The summed E-state index contributed by atoms with van der Waals surface area (Å²) in [4.78, 5) is 13.1. The molecule has 0 spiro atoms. The summed E-state index contributed by atoms with van der Waals surface area (Å²) in [6.45, 7) is 0.566. The van der Waals surface area contributed by atoms with Gasteiger partial charge in [0.15, 0.2) is 11.5 Å². The van der Waals surface area contributed by atoms with E-state index < -0.39 is 0 Å². The van der Waals surface area contributed by atoms with Crippen LogP contribution in [-0.2, 0) is 6.42 Å². The number of ether oxygens (including phenoxy) is 2. The zero-order valence-electron chi connectivity index (χ0n) is 21.0. The molecule has 5 heteroatoms. The monoisotopic (exact) mass is 482 g/mol. The number of carbonyl (C=O) groups excluding carboxylic acids is 1. The lowest BCUT2D eigenvalue weighted by atomic mass is 9.68. The molecule has 1 amide bonds. The molecule has 186 valence electrons. The van der Waals surface area contributed by atoms with Gasteiger partial charge in [-0.05, 0) is 96.4 Å². The zero-order chi connectivity index (χ0) is 24.6. The minimum atomic E-state index is -0.0110. The van der Waals surface area contributed by atoms with Crippen molar-refractivity contribution >= 4 is 11.6 Å². The van der Waals surface area contributed by atoms with Crippen LogP contribution in [-0.4, -0.2) is 26.7 Å². The minimum absolute atomic E-state index is 0.0110. The quantitative estimate of drug-likeness (QED) is 0.435. The highest BCUT2D eigenvalue weighted by molar-refractivity contribution is 5.95. The molecule has 2 N–H and O–H groups in total. The Morgan fingerprint density at radius 2 is 1.75 bits per heavy atom. The van der Waals surface area contributed by atoms with Gasteiger partial charge in [0.1, 0.15) is 0 Å². The fraction of sp³-hybridized carbons (Fsp3) is 0.387. The normalized spacial score (nSPS) is 25.4. The number of fused-ring (bicyclic) bond motifs is 7. The third-order valence-electron chi connectivity index (χ3n) is 8.66. The SMILES string of the molecule is COc1ccc(CCNC(=O)c2ccc3c(c2)[C@@H]2[C@H]4CC[C@@H](C4)[C@@H]2[C@@H](c2ccccc2)N3)cc1OC. The molecule has 3 aromatic rings. The molecule has 5 nitrogen and oxygen atoms in total. The van der Waals surface area contributed by atoms with Crippen molar-refractivity contribution < 1.29 is 14.3 Å². The van der Waals surface area contributed by atoms with Gasteiger partial charge < -0.3 is 20.1 Å². The number of hydrogen-bond acceptors (Lipinski definition) is 4. The number of anilines is 1. The van der Waals surface area contributed by atoms with Gasteiger partial charge in [-0.1, -0.05) is 36.4 Å². The van der Waals surface area contributed by atoms with E-state index in [0.29, 0.717) is 35.9 Å². The highest BCUT2D eigenvalue weighted by atomic mass is 16.5. The maximum absolute atomic E-state index is 13.1. The van der Waals surface area contributed by atoms with Crippen molar-refractivity contribution in [3.63, 3.8) is 0 Å². The van der Waals surface area contributed by atoms with Gasteiger partial charge in [0, 0.05) is 17.8 Å². The Morgan fingerprint density at radius 3 is 2.56 bits per heavy atom. The highest BCUT2D eigenvalue weighted by Crippen LogP contribution is 2.63. The minimum Gasteiger partial charge on any atom is -0.493 e. The second kappa shape index (κ2) is 9.53. The topological polar surface area (TPSA) is 59.6 Å². The van der Waals surface area contributed by atoms with Crippen LogP contribution in [0.25, 0.3) is 0 Å². The Balaban J connectivity index is 1.19. The molecule has 3 aliphatic rings. The van der Waals surface area contributed by atoms with Gasteiger partial charge in [0.05, 0.1) is 20.3 Å². The van der Waals surface area contributed by atoms with E-state index in [1.165, 1.54) is 36.1 Å². The smallest absolute Gasteiger partial charge is 0.251 e. The van der Waals surface area contributed by atoms with Crippen LogP contribution in [0.5, 0.6) is 11.5 Å². The summed E-state index contributed by atoms with van der Waals surface area (Å²) in [5.41, 5.74) is 5.76. The highest BCUT2D eigenvalue weighted by Gasteiger charge is 2.53. The van der Waals surface area contributed by atoms with E-state index in [9.17, 15) is 4.79 Å². The number of nitrogens with one attached hydrogen (secondary N) is 2. The van der Waals surface area contributed by atoms with Crippen LogP contribution in [0.4, 0.5) is 5.69 Å². The average molecular weight is 483 g/mol. The summed E-state index contributed by atoms with van der Waals surface area (Å²) < 4.78 is 10.7. The maximum Gasteiger partial charge on any atom is 0.251 e. The molecule has 0 radical (unpaired) electrons. The zero-order valence-corrected chi connectivity index (χ0v) is 21.0. The summed E-state index contributed by atoms with van der Waals surface area (Å²) in [5, 5.41) is 6.98. The molecule has 0 aromatic heterocycles. The van der Waals surface area contributed by atoms with Crippen molar-refractivity contribution in [2.24, 2.45) is 17.8 Å². The molecule has 2 fully saturated rings. The third kappa shape index (κ3) is 4.01. The first kappa shape index (κ1) is 23.0. The Morgan fingerprint density at radius 1 is 0.944 bits per heavy atom. The second-order valence-corrected chi connectivity index (χ2v) is 10.5. The van der Waals surface area contributed by atoms with Crippen LogP contribution in [0.3, 0.4) is 0 Å². The summed E-state index contributed by atoms with van der Waals surface area (Å²) in [6, 6.07) is 23.4. The van der Waals surface area contributed by atoms with E-state index >= 15 is 0 Å². The molecule has 5 atom stereocenters. The summed E-state index contributed by atoms with van der Waals surface area (Å²) in [5.74, 6) is 4.04. The van der Waals surface area contributed by atoms with Crippen LogP contribution >= 0.6 is 0 Å². The van der Waals surface area contributed by atoms with Gasteiger partial charge in [-0.25, -0.2) is 0 Å². The molecule has 2 bridgehead atoms.